The van der Waals surface area contributed by atoms with Gasteiger partial charge < -0.3 is 0 Å². The Morgan fingerprint density at radius 1 is 0.667 bits per heavy atom. The van der Waals surface area contributed by atoms with E-state index in [1.165, 1.54) is 30.3 Å². The summed E-state index contributed by atoms with van der Waals surface area (Å²) in [5.74, 6) is 0. The third kappa shape index (κ3) is 10.6. The molecular weight excluding hydrogens is 620 g/mol. The predicted octanol–water partition coefficient (Wildman–Crippen LogP) is 7.90. The minimum absolute atomic E-state index is 0.205. The molecule has 1 aromatic rings. The van der Waals surface area contributed by atoms with E-state index < -0.39 is 0 Å². The van der Waals surface area contributed by atoms with E-state index in [4.69, 9.17) is 0 Å². The van der Waals surface area contributed by atoms with Gasteiger partial charge in [0.2, 0.25) is 0 Å². The molecule has 0 amide bonds. The van der Waals surface area contributed by atoms with Crippen LogP contribution in [0.3, 0.4) is 0 Å². The molecule has 0 saturated heterocycles. The molecule has 4 heteroatoms. The Morgan fingerprint density at radius 3 is 1.19 bits per heavy atom. The van der Waals surface area contributed by atoms with Gasteiger partial charge in [-0.1, -0.05) is 98.8 Å². The van der Waals surface area contributed by atoms with Crippen LogP contribution >= 0.6 is 50.1 Å². The number of rotatable bonds is 0. The van der Waals surface area contributed by atoms with Crippen LogP contribution < -0.4 is 5.30 Å². The average molecular weight is 657 g/mol. The van der Waals surface area contributed by atoms with Gasteiger partial charge >= 0.3 is 49.1 Å². The van der Waals surface area contributed by atoms with Crippen molar-refractivity contribution in [2.24, 2.45) is 0 Å². The van der Waals surface area contributed by atoms with Crippen molar-refractivity contribution in [2.75, 3.05) is 0 Å². The molecule has 0 aromatic heterocycles. The van der Waals surface area contributed by atoms with Gasteiger partial charge in [0.15, 0.2) is 0 Å². The van der Waals surface area contributed by atoms with Crippen LogP contribution in [0.4, 0.5) is 0 Å². The van der Waals surface area contributed by atoms with Crippen LogP contribution in [0.1, 0.15) is 79.0 Å². The van der Waals surface area contributed by atoms with E-state index in [0.29, 0.717) is 0 Å². The van der Waals surface area contributed by atoms with Crippen molar-refractivity contribution < 1.29 is 8.26 Å². The SMILES string of the molecule is CC(C)(C)c1cc(C(C)(C)C)c([PH3+])c(C(C)(C)C)c1.[CH]1C=CC=C1.[I][Co][I]. The standard InChI is InChI=1S/C18H31P.C5H5.Co.2HI/c1-16(2,3)12-10-13(17(4,5)6)15(19)14(11-12)18(7,8)9;1-2-4-5-3-1;;;/h10-11H,19H2,1-9H3;1-5H;;2*1H/q;;+2;;/p-1. The van der Waals surface area contributed by atoms with E-state index in [0.717, 1.165) is 0 Å². The molecule has 0 heterocycles. The molecule has 0 bridgehead atoms. The van der Waals surface area contributed by atoms with Crippen LogP contribution in [-0.4, -0.2) is 0 Å². The first kappa shape index (κ1) is 28.1. The third-order valence-electron chi connectivity index (χ3n) is 4.29. The van der Waals surface area contributed by atoms with Crippen LogP contribution in [-0.2, 0) is 24.5 Å². The molecule has 1 radical (unpaired) electrons. The second kappa shape index (κ2) is 12.1. The zero-order chi connectivity index (χ0) is 21.5. The Balaban J connectivity index is 0.000000698. The van der Waals surface area contributed by atoms with Crippen molar-refractivity contribution in [1.29, 1.82) is 0 Å². The first-order chi connectivity index (χ1) is 12.2. The van der Waals surface area contributed by atoms with Crippen molar-refractivity contribution in [3.8, 4) is 0 Å². The number of benzene rings is 1. The van der Waals surface area contributed by atoms with Crippen LogP contribution in [0.5, 0.6) is 0 Å². The fraction of sp³-hybridized carbons (Fsp3) is 0.522. The zero-order valence-corrected chi connectivity index (χ0v) is 25.1. The summed E-state index contributed by atoms with van der Waals surface area (Å²) in [6, 6.07) is 4.86. The van der Waals surface area contributed by atoms with Gasteiger partial charge in [0, 0.05) is 15.7 Å². The summed E-state index contributed by atoms with van der Waals surface area (Å²) in [7, 11) is 3.43. The van der Waals surface area contributed by atoms with E-state index in [1.54, 1.807) is 0 Å². The molecule has 0 aliphatic heterocycles. The van der Waals surface area contributed by atoms with Crippen LogP contribution in [0.25, 0.3) is 0 Å². The Hall–Kier alpha value is 1.10. The van der Waals surface area contributed by atoms with Gasteiger partial charge in [0.05, 0.1) is 5.30 Å². The summed E-state index contributed by atoms with van der Waals surface area (Å²) in [6.45, 7) is 20.8. The molecule has 0 saturated carbocycles. The van der Waals surface area contributed by atoms with E-state index in [2.05, 4.69) is 125 Å². The second-order valence-corrected chi connectivity index (χ2v) is 19.3. The summed E-state index contributed by atoms with van der Waals surface area (Å²) >= 11 is 4.49. The molecule has 0 spiro atoms. The summed E-state index contributed by atoms with van der Waals surface area (Å²) in [5, 5.41) is 1.49. The van der Waals surface area contributed by atoms with Gasteiger partial charge in [-0.15, -0.1) is 0 Å². The Morgan fingerprint density at radius 2 is 1.00 bits per heavy atom. The van der Waals surface area contributed by atoms with Gasteiger partial charge in [-0.25, -0.2) is 0 Å². The first-order valence-corrected chi connectivity index (χ1v) is 16.6. The molecule has 156 valence electrons. The van der Waals surface area contributed by atoms with Crippen molar-refractivity contribution >= 4 is 55.4 Å². The molecule has 1 aliphatic rings. The predicted molar refractivity (Wildman–Crippen MR) is 144 cm³/mol. The number of allylic oxidation sites excluding steroid dienone is 4. The average Bonchev–Trinajstić information content (AvgIpc) is 3.03. The monoisotopic (exact) mass is 657 g/mol. The second-order valence-electron chi connectivity index (χ2n) is 9.81. The van der Waals surface area contributed by atoms with E-state index >= 15 is 0 Å². The van der Waals surface area contributed by atoms with Gasteiger partial charge in [0.25, 0.3) is 0 Å². The Labute approximate surface area is 200 Å². The quantitative estimate of drug-likeness (QED) is 0.197. The van der Waals surface area contributed by atoms with Crippen molar-refractivity contribution in [3.05, 3.63) is 59.5 Å². The fourth-order valence-electron chi connectivity index (χ4n) is 2.76. The van der Waals surface area contributed by atoms with Crippen LogP contribution in [0.2, 0.25) is 0 Å². The van der Waals surface area contributed by atoms with Gasteiger partial charge in [-0.2, -0.15) is 0 Å². The van der Waals surface area contributed by atoms with E-state index in [-0.39, 0.29) is 16.2 Å². The molecule has 0 fully saturated rings. The minimum atomic E-state index is 0.205. The Kier molecular flexibility index (Phi) is 12.6. The molecular formula is C23H37CoI2P+. The third-order valence-corrected chi connectivity index (χ3v) is 5.05. The summed E-state index contributed by atoms with van der Waals surface area (Å²) in [6.07, 6.45) is 10.0. The van der Waals surface area contributed by atoms with Gasteiger partial charge in [-0.3, -0.25) is 0 Å². The van der Waals surface area contributed by atoms with Crippen molar-refractivity contribution in [1.82, 2.24) is 0 Å². The summed E-state index contributed by atoms with van der Waals surface area (Å²) in [5.41, 5.74) is 5.08. The normalized spacial score (nSPS) is 13.9. The summed E-state index contributed by atoms with van der Waals surface area (Å²) in [4.78, 5) is 0. The summed E-state index contributed by atoms with van der Waals surface area (Å²) < 4.78 is 0. The molecule has 1 atom stereocenters. The molecule has 27 heavy (non-hydrogen) atoms. The Bertz CT molecular complexity index is 597. The topological polar surface area (TPSA) is 0 Å². The number of hydrogen-bond donors (Lipinski definition) is 0. The molecule has 1 unspecified atom stereocenters. The van der Waals surface area contributed by atoms with Gasteiger partial charge in [0.1, 0.15) is 0 Å². The fourth-order valence-corrected chi connectivity index (χ4v) is 4.03. The van der Waals surface area contributed by atoms with Gasteiger partial charge in [-0.05, 0) is 32.9 Å². The molecule has 0 N–H and O–H groups in total. The maximum absolute atomic E-state index is 2.43. The molecule has 2 rings (SSSR count). The zero-order valence-electron chi connectivity index (χ0n) is 18.3. The molecule has 0 nitrogen and oxygen atoms in total. The number of halogens is 2. The van der Waals surface area contributed by atoms with Crippen LogP contribution in [0, 0.1) is 6.42 Å². The van der Waals surface area contributed by atoms with Crippen molar-refractivity contribution in [2.45, 2.75) is 78.6 Å². The molecule has 1 aromatic carbocycles. The van der Waals surface area contributed by atoms with E-state index in [1.807, 2.05) is 30.7 Å². The maximum atomic E-state index is 2.43. The molecule has 1 aliphatic carbocycles. The first-order valence-electron chi connectivity index (χ1n) is 9.18. The number of hydrogen-bond acceptors (Lipinski definition) is 0. The van der Waals surface area contributed by atoms with E-state index in [9.17, 15) is 0 Å². The van der Waals surface area contributed by atoms with Crippen molar-refractivity contribution in [3.63, 3.8) is 0 Å². The van der Waals surface area contributed by atoms with Crippen LogP contribution in [0.15, 0.2) is 36.4 Å².